The van der Waals surface area contributed by atoms with E-state index >= 15 is 0 Å². The molecule has 2 aromatic heterocycles. The van der Waals surface area contributed by atoms with E-state index in [2.05, 4.69) is 15.0 Å². The number of ketones is 1. The maximum atomic E-state index is 14.1. The summed E-state index contributed by atoms with van der Waals surface area (Å²) >= 11 is 0. The maximum Gasteiger partial charge on any atom is 0.412 e. The molecule has 0 fully saturated rings. The lowest BCUT2D eigenvalue weighted by Gasteiger charge is -2.24. The van der Waals surface area contributed by atoms with Gasteiger partial charge in [-0.05, 0) is 43.2 Å². The third kappa shape index (κ3) is 6.99. The van der Waals surface area contributed by atoms with Gasteiger partial charge in [-0.3, -0.25) is 29.6 Å². The second kappa shape index (κ2) is 13.8. The Morgan fingerprint density at radius 3 is 2.49 bits per heavy atom. The Morgan fingerprint density at radius 2 is 1.77 bits per heavy atom. The fraction of sp³-hybridized carbons (Fsp3) is 0.206. The van der Waals surface area contributed by atoms with Crippen molar-refractivity contribution in [3.8, 4) is 0 Å². The molecule has 1 amide bonds. The number of carbonyl (C=O) groups excluding carboxylic acids is 3. The van der Waals surface area contributed by atoms with Crippen LogP contribution in [-0.2, 0) is 37.8 Å². The highest BCUT2D eigenvalue weighted by atomic mass is 32.2. The Hall–Kier alpha value is -5.56. The fourth-order valence-electron chi connectivity index (χ4n) is 5.25. The van der Waals surface area contributed by atoms with Crippen molar-refractivity contribution < 1.29 is 32.3 Å². The first-order valence-corrected chi connectivity index (χ1v) is 16.1. The Morgan fingerprint density at radius 1 is 1.02 bits per heavy atom. The summed E-state index contributed by atoms with van der Waals surface area (Å²) in [5.41, 5.74) is 2.96. The zero-order chi connectivity index (χ0) is 33.7. The van der Waals surface area contributed by atoms with Crippen LogP contribution in [-0.4, -0.2) is 61.9 Å². The number of anilines is 1. The Bertz CT molecular complexity index is 2100. The number of para-hydroxylation sites is 1. The number of alkyl carbamates (subject to hydrolysis) is 1. The normalized spacial score (nSPS) is 11.3. The zero-order valence-corrected chi connectivity index (χ0v) is 26.8. The van der Waals surface area contributed by atoms with Crippen molar-refractivity contribution in [3.63, 3.8) is 0 Å². The van der Waals surface area contributed by atoms with Crippen molar-refractivity contribution in [2.24, 2.45) is 7.05 Å². The first-order chi connectivity index (χ1) is 22.5. The molecular weight excluding hydrogens is 622 g/mol. The molecule has 0 atom stereocenters. The predicted molar refractivity (Wildman–Crippen MR) is 177 cm³/mol. The van der Waals surface area contributed by atoms with Gasteiger partial charge >= 0.3 is 12.1 Å². The molecule has 0 spiro atoms. The molecule has 13 heteroatoms. The molecule has 12 nitrogen and oxygen atoms in total. The van der Waals surface area contributed by atoms with Gasteiger partial charge in [-0.1, -0.05) is 48.5 Å². The lowest BCUT2D eigenvalue weighted by molar-refractivity contribution is -0.141. The quantitative estimate of drug-likeness (QED) is 0.0872. The van der Waals surface area contributed by atoms with Crippen LogP contribution < -0.4 is 9.62 Å². The third-order valence-corrected chi connectivity index (χ3v) is 9.41. The zero-order valence-electron chi connectivity index (χ0n) is 26.0. The number of ether oxygens (including phenoxy) is 2. The molecule has 0 saturated heterocycles. The van der Waals surface area contributed by atoms with Gasteiger partial charge in [0, 0.05) is 47.8 Å². The van der Waals surface area contributed by atoms with E-state index in [0.717, 1.165) is 9.87 Å². The molecule has 3 aromatic carbocycles. The molecule has 242 valence electrons. The van der Waals surface area contributed by atoms with Crippen LogP contribution in [0.25, 0.3) is 21.8 Å². The summed E-state index contributed by atoms with van der Waals surface area (Å²) in [5, 5.41) is 11.6. The highest BCUT2D eigenvalue weighted by Gasteiger charge is 2.30. The molecule has 5 aromatic rings. The summed E-state index contributed by atoms with van der Waals surface area (Å²) in [7, 11) is -1.31. The number of aromatic nitrogens is 2. The second-order valence-electron chi connectivity index (χ2n) is 10.6. The molecule has 0 aliphatic heterocycles. The maximum absolute atomic E-state index is 14.1. The molecule has 0 bridgehead atoms. The van der Waals surface area contributed by atoms with Crippen LogP contribution >= 0.6 is 0 Å². The number of carbonyl (C=O) groups is 3. The van der Waals surface area contributed by atoms with Gasteiger partial charge in [0.25, 0.3) is 10.0 Å². The molecule has 0 saturated carbocycles. The van der Waals surface area contributed by atoms with Crippen LogP contribution in [0.2, 0.25) is 0 Å². The van der Waals surface area contributed by atoms with Gasteiger partial charge in [-0.25, -0.2) is 13.2 Å². The van der Waals surface area contributed by atoms with Crippen molar-refractivity contribution in [2.75, 3.05) is 24.6 Å². The van der Waals surface area contributed by atoms with Crippen molar-refractivity contribution >= 4 is 61.2 Å². The van der Waals surface area contributed by atoms with Gasteiger partial charge in [0.2, 0.25) is 0 Å². The van der Waals surface area contributed by atoms with E-state index in [9.17, 15) is 22.8 Å². The first kappa shape index (κ1) is 32.8. The monoisotopic (exact) mass is 655 g/mol. The van der Waals surface area contributed by atoms with Crippen molar-refractivity contribution in [1.29, 1.82) is 5.41 Å². The smallest absolute Gasteiger partial charge is 0.412 e. The number of hydrogen-bond acceptors (Lipinski definition) is 9. The van der Waals surface area contributed by atoms with Crippen molar-refractivity contribution in [1.82, 2.24) is 14.9 Å². The summed E-state index contributed by atoms with van der Waals surface area (Å²) < 4.78 is 40.7. The average molecular weight is 656 g/mol. The van der Waals surface area contributed by atoms with Crippen molar-refractivity contribution in [2.45, 2.75) is 24.7 Å². The lowest BCUT2D eigenvalue weighted by atomic mass is 10.0. The molecule has 2 heterocycles. The molecule has 0 aliphatic carbocycles. The summed E-state index contributed by atoms with van der Waals surface area (Å²) in [4.78, 5) is 41.7. The number of amidine groups is 1. The van der Waals surface area contributed by atoms with E-state index in [0.29, 0.717) is 33.8 Å². The van der Waals surface area contributed by atoms with Crippen LogP contribution in [0.4, 0.5) is 10.5 Å². The van der Waals surface area contributed by atoms with Gasteiger partial charge < -0.3 is 14.0 Å². The molecule has 0 unspecified atom stereocenters. The fourth-order valence-corrected chi connectivity index (χ4v) is 6.82. The summed E-state index contributed by atoms with van der Waals surface area (Å²) in [5.74, 6) is -0.918. The number of nitrogens with one attached hydrogen (secondary N) is 2. The number of rotatable bonds is 11. The number of methoxy groups -OCH3 is 1. The highest BCUT2D eigenvalue weighted by Crippen LogP contribution is 2.32. The minimum absolute atomic E-state index is 0.0488. The van der Waals surface area contributed by atoms with Gasteiger partial charge in [-0.2, -0.15) is 0 Å². The second-order valence-corrected chi connectivity index (χ2v) is 12.4. The molecule has 47 heavy (non-hydrogen) atoms. The average Bonchev–Trinajstić information content (AvgIpc) is 3.41. The van der Waals surface area contributed by atoms with Gasteiger partial charge in [0.1, 0.15) is 17.3 Å². The summed E-state index contributed by atoms with van der Waals surface area (Å²) in [6.07, 6.45) is 3.13. The standard InChI is InChI=1S/C34H33N5O7S/c1-4-46-31(41)21-39(47(43,44)30-9-5-7-23-8-6-18-36-32(23)30)25-15-16-26-27(20-38(2)28(26)19-25)29(40)17-12-22-10-13-24(14-11-22)33(35)37-34(42)45-3/h5-11,13-16,18-20H,4,12,17,21H2,1-3H3,(H2,35,37,42). The summed E-state index contributed by atoms with van der Waals surface area (Å²) in [6.45, 7) is 1.18. The predicted octanol–water partition coefficient (Wildman–Crippen LogP) is 4.98. The number of pyridine rings is 1. The number of benzene rings is 3. The van der Waals surface area contributed by atoms with Crippen LogP contribution in [0.3, 0.4) is 0 Å². The van der Waals surface area contributed by atoms with Gasteiger partial charge in [0.15, 0.2) is 5.78 Å². The lowest BCUT2D eigenvalue weighted by Crippen LogP contribution is -2.36. The number of amides is 1. The topological polar surface area (TPSA) is 161 Å². The molecular formula is C34H33N5O7S. The number of aryl methyl sites for hydroxylation is 2. The van der Waals surface area contributed by atoms with E-state index < -0.39 is 28.6 Å². The van der Waals surface area contributed by atoms with Crippen LogP contribution in [0.5, 0.6) is 0 Å². The van der Waals surface area contributed by atoms with Crippen molar-refractivity contribution in [3.05, 3.63) is 102 Å². The highest BCUT2D eigenvalue weighted by molar-refractivity contribution is 7.93. The Kier molecular flexibility index (Phi) is 9.66. The number of esters is 1. The Balaban J connectivity index is 1.41. The molecule has 5 rings (SSSR count). The number of fused-ring (bicyclic) bond motifs is 2. The van der Waals surface area contributed by atoms with E-state index in [-0.39, 0.29) is 40.7 Å². The Labute approximate surface area is 271 Å². The SMILES string of the molecule is CCOC(=O)CN(c1ccc2c(C(=O)CCc3ccc(C(=N)NC(=O)OC)cc3)cn(C)c2c1)S(=O)(=O)c1cccc2cccnc12. The van der Waals surface area contributed by atoms with Crippen LogP contribution in [0, 0.1) is 5.41 Å². The molecule has 0 aliphatic rings. The number of hydrogen-bond donors (Lipinski definition) is 2. The van der Waals surface area contributed by atoms with E-state index in [1.54, 1.807) is 91.5 Å². The number of Topliss-reactive ketones (excluding diaryl/α,β-unsaturated/α-hetero) is 1. The molecule has 0 radical (unpaired) electrons. The number of sulfonamides is 1. The summed E-state index contributed by atoms with van der Waals surface area (Å²) in [6, 6.07) is 20.2. The van der Waals surface area contributed by atoms with Crippen LogP contribution in [0.15, 0.2) is 90.1 Å². The van der Waals surface area contributed by atoms with E-state index in [4.69, 9.17) is 10.1 Å². The van der Waals surface area contributed by atoms with Gasteiger partial charge in [-0.15, -0.1) is 0 Å². The minimum atomic E-state index is -4.29. The van der Waals surface area contributed by atoms with Gasteiger partial charge in [0.05, 0.1) is 30.4 Å². The number of nitrogens with zero attached hydrogens (tertiary/aromatic N) is 3. The first-order valence-electron chi connectivity index (χ1n) is 14.7. The molecule has 2 N–H and O–H groups in total. The van der Waals surface area contributed by atoms with Crippen LogP contribution in [0.1, 0.15) is 34.8 Å². The van der Waals surface area contributed by atoms with E-state index in [1.165, 1.54) is 19.4 Å². The van der Waals surface area contributed by atoms with E-state index in [1.807, 2.05) is 0 Å². The minimum Gasteiger partial charge on any atom is -0.465 e. The largest absolute Gasteiger partial charge is 0.465 e. The third-order valence-electron chi connectivity index (χ3n) is 7.60.